The van der Waals surface area contributed by atoms with Crippen molar-refractivity contribution in [3.05, 3.63) is 34.5 Å². The Bertz CT molecular complexity index is 1280. The molecule has 1 fully saturated rings. The highest BCUT2D eigenvalue weighted by atomic mass is 16.7. The van der Waals surface area contributed by atoms with Crippen molar-refractivity contribution in [1.29, 1.82) is 0 Å². The number of ether oxygens (including phenoxy) is 2. The van der Waals surface area contributed by atoms with Gasteiger partial charge in [0.15, 0.2) is 28.6 Å². The van der Waals surface area contributed by atoms with Crippen molar-refractivity contribution in [3.8, 4) is 45.8 Å². The number of rotatable bonds is 3. The Labute approximate surface area is 184 Å². The lowest BCUT2D eigenvalue weighted by Crippen LogP contribution is -2.58. The van der Waals surface area contributed by atoms with Gasteiger partial charge in [-0.3, -0.25) is 4.79 Å². The summed E-state index contributed by atoms with van der Waals surface area (Å²) in [6, 6.07) is 4.11. The smallest absolute Gasteiger partial charge is 0.238 e. The monoisotopic (exact) mass is 464 g/mol. The molecule has 33 heavy (non-hydrogen) atoms. The maximum Gasteiger partial charge on any atom is 0.238 e. The largest absolute Gasteiger partial charge is 0.507 e. The van der Waals surface area contributed by atoms with Gasteiger partial charge in [0.1, 0.15) is 29.4 Å². The minimum Gasteiger partial charge on any atom is -0.507 e. The highest BCUT2D eigenvalue weighted by Gasteiger charge is 2.43. The zero-order valence-electron chi connectivity index (χ0n) is 16.9. The fourth-order valence-corrected chi connectivity index (χ4v) is 3.49. The average Bonchev–Trinajstić information content (AvgIpc) is 2.77. The van der Waals surface area contributed by atoms with E-state index in [1.54, 1.807) is 0 Å². The van der Waals surface area contributed by atoms with Crippen LogP contribution in [0.5, 0.6) is 34.5 Å². The van der Waals surface area contributed by atoms with E-state index in [0.717, 1.165) is 18.2 Å². The van der Waals surface area contributed by atoms with E-state index in [4.69, 9.17) is 13.9 Å². The molecule has 0 aliphatic carbocycles. The fraction of sp³-hybridized carbons (Fsp3) is 0.286. The summed E-state index contributed by atoms with van der Waals surface area (Å²) in [5.74, 6) is -4.53. The van der Waals surface area contributed by atoms with Crippen LogP contribution in [0.15, 0.2) is 33.5 Å². The first kappa shape index (κ1) is 22.5. The Kier molecular flexibility index (Phi) is 5.46. The van der Waals surface area contributed by atoms with Crippen molar-refractivity contribution in [2.24, 2.45) is 0 Å². The van der Waals surface area contributed by atoms with Crippen LogP contribution in [0.25, 0.3) is 22.3 Å². The molecule has 2 aromatic carbocycles. The highest BCUT2D eigenvalue weighted by Crippen LogP contribution is 2.44. The third-order valence-electron chi connectivity index (χ3n) is 5.35. The van der Waals surface area contributed by atoms with Crippen LogP contribution in [0.3, 0.4) is 0 Å². The van der Waals surface area contributed by atoms with Gasteiger partial charge in [0.05, 0.1) is 6.10 Å². The Morgan fingerprint density at radius 1 is 0.848 bits per heavy atom. The molecule has 2 heterocycles. The first-order valence-corrected chi connectivity index (χ1v) is 9.64. The number of hydrogen-bond acceptors (Lipinski definition) is 12. The standard InChI is InChI=1S/C21H20O12/c1-6-13(25)16(28)18(30)21(31-6)32-11-5-10(24)12-15(27)17(29)19(33-20(12)14(11)26)7-2-3-8(22)9(23)4-7/h2-6,13,16,18,21-26,28-30H,1H3/t6-,13+,16+,18-,21+/m1/s1. The molecule has 0 radical (unpaired) electrons. The first-order valence-electron chi connectivity index (χ1n) is 9.64. The number of benzene rings is 2. The third-order valence-corrected chi connectivity index (χ3v) is 5.35. The van der Waals surface area contributed by atoms with Gasteiger partial charge in [-0.2, -0.15) is 0 Å². The normalized spacial score (nSPS) is 25.3. The minimum atomic E-state index is -1.73. The zero-order chi connectivity index (χ0) is 24.2. The van der Waals surface area contributed by atoms with Crippen molar-refractivity contribution in [1.82, 2.24) is 0 Å². The number of hydrogen-bond donors (Lipinski definition) is 8. The molecule has 0 bridgehead atoms. The van der Waals surface area contributed by atoms with Crippen molar-refractivity contribution in [3.63, 3.8) is 0 Å². The van der Waals surface area contributed by atoms with Gasteiger partial charge in [0.2, 0.25) is 23.2 Å². The van der Waals surface area contributed by atoms with Crippen LogP contribution in [-0.2, 0) is 4.74 Å². The predicted octanol–water partition coefficient (Wildman–Crippen LogP) is 0.194. The second-order valence-corrected chi connectivity index (χ2v) is 7.56. The predicted molar refractivity (Wildman–Crippen MR) is 109 cm³/mol. The van der Waals surface area contributed by atoms with Gasteiger partial charge in [-0.05, 0) is 25.1 Å². The molecule has 1 saturated heterocycles. The SMILES string of the molecule is C[C@H]1O[C@@H](Oc2cc(O)c3c(=O)c(O)c(-c4ccc(O)c(O)c4)oc3c2O)[C@H](O)[C@@H](O)[C@H]1O. The summed E-state index contributed by atoms with van der Waals surface area (Å²) in [6.45, 7) is 1.41. The van der Waals surface area contributed by atoms with Crippen LogP contribution in [0, 0.1) is 0 Å². The number of aliphatic hydroxyl groups excluding tert-OH is 3. The minimum absolute atomic E-state index is 0.0380. The van der Waals surface area contributed by atoms with Gasteiger partial charge in [0, 0.05) is 11.6 Å². The molecule has 0 spiro atoms. The molecular formula is C21H20O12. The maximum atomic E-state index is 12.7. The van der Waals surface area contributed by atoms with Gasteiger partial charge in [0.25, 0.3) is 0 Å². The molecule has 3 aromatic rings. The molecule has 8 N–H and O–H groups in total. The molecule has 1 aromatic heterocycles. The Hall–Kier alpha value is -3.71. The molecule has 5 atom stereocenters. The number of phenolic OH excluding ortho intramolecular Hbond substituents is 4. The van der Waals surface area contributed by atoms with E-state index in [-0.39, 0.29) is 5.56 Å². The van der Waals surface area contributed by atoms with Crippen molar-refractivity contribution < 1.29 is 54.7 Å². The summed E-state index contributed by atoms with van der Waals surface area (Å²) in [5, 5.41) is 79.7. The molecular weight excluding hydrogens is 444 g/mol. The lowest BCUT2D eigenvalue weighted by atomic mass is 10.00. The van der Waals surface area contributed by atoms with Gasteiger partial charge < -0.3 is 54.7 Å². The van der Waals surface area contributed by atoms with Gasteiger partial charge >= 0.3 is 0 Å². The number of aliphatic hydroxyl groups is 3. The molecule has 12 heteroatoms. The van der Waals surface area contributed by atoms with Gasteiger partial charge in [-0.1, -0.05) is 0 Å². The fourth-order valence-electron chi connectivity index (χ4n) is 3.49. The molecule has 0 amide bonds. The molecule has 0 unspecified atom stereocenters. The van der Waals surface area contributed by atoms with Crippen LogP contribution in [0.2, 0.25) is 0 Å². The zero-order valence-corrected chi connectivity index (χ0v) is 16.9. The highest BCUT2D eigenvalue weighted by molar-refractivity contribution is 5.93. The van der Waals surface area contributed by atoms with E-state index < -0.39 is 87.4 Å². The summed E-state index contributed by atoms with van der Waals surface area (Å²) < 4.78 is 16.1. The Morgan fingerprint density at radius 2 is 1.55 bits per heavy atom. The van der Waals surface area contributed by atoms with Crippen LogP contribution >= 0.6 is 0 Å². The summed E-state index contributed by atoms with van der Waals surface area (Å²) in [7, 11) is 0. The summed E-state index contributed by atoms with van der Waals surface area (Å²) in [6.07, 6.45) is -7.27. The van der Waals surface area contributed by atoms with Crippen LogP contribution < -0.4 is 10.2 Å². The van der Waals surface area contributed by atoms with E-state index >= 15 is 0 Å². The molecule has 4 rings (SSSR count). The molecule has 176 valence electrons. The Morgan fingerprint density at radius 3 is 2.21 bits per heavy atom. The summed E-state index contributed by atoms with van der Waals surface area (Å²) in [5.41, 5.74) is -1.75. The van der Waals surface area contributed by atoms with Gasteiger partial charge in [-0.15, -0.1) is 0 Å². The van der Waals surface area contributed by atoms with Crippen molar-refractivity contribution in [2.75, 3.05) is 0 Å². The molecule has 12 nitrogen and oxygen atoms in total. The average molecular weight is 464 g/mol. The molecule has 1 aliphatic heterocycles. The second-order valence-electron chi connectivity index (χ2n) is 7.56. The van der Waals surface area contributed by atoms with E-state index in [2.05, 4.69) is 0 Å². The van der Waals surface area contributed by atoms with Crippen LogP contribution in [0.4, 0.5) is 0 Å². The van der Waals surface area contributed by atoms with E-state index in [1.807, 2.05) is 0 Å². The quantitative estimate of drug-likeness (QED) is 0.193. The Balaban J connectivity index is 1.84. The lowest BCUT2D eigenvalue weighted by Gasteiger charge is -2.38. The second kappa shape index (κ2) is 8.01. The van der Waals surface area contributed by atoms with E-state index in [0.29, 0.717) is 0 Å². The van der Waals surface area contributed by atoms with Crippen molar-refractivity contribution >= 4 is 11.0 Å². The number of phenols is 4. The molecule has 0 saturated carbocycles. The number of fused-ring (bicyclic) bond motifs is 1. The maximum absolute atomic E-state index is 12.7. The van der Waals surface area contributed by atoms with E-state index in [9.17, 15) is 45.6 Å². The van der Waals surface area contributed by atoms with Crippen LogP contribution in [-0.4, -0.2) is 71.6 Å². The van der Waals surface area contributed by atoms with Crippen molar-refractivity contribution in [2.45, 2.75) is 37.6 Å². The summed E-state index contributed by atoms with van der Waals surface area (Å²) >= 11 is 0. The first-order chi connectivity index (χ1) is 15.5. The van der Waals surface area contributed by atoms with Crippen LogP contribution in [0.1, 0.15) is 6.92 Å². The van der Waals surface area contributed by atoms with Gasteiger partial charge in [-0.25, -0.2) is 0 Å². The topological polar surface area (TPSA) is 211 Å². The third kappa shape index (κ3) is 3.64. The van der Waals surface area contributed by atoms with E-state index in [1.165, 1.54) is 13.0 Å². The lowest BCUT2D eigenvalue weighted by molar-refractivity contribution is -0.268. The molecule has 1 aliphatic rings. The number of aromatic hydroxyl groups is 5. The summed E-state index contributed by atoms with van der Waals surface area (Å²) in [4.78, 5) is 12.7.